The molecule has 1 fully saturated rings. The molecule has 3 aromatic rings. The summed E-state index contributed by atoms with van der Waals surface area (Å²) in [5.41, 5.74) is 2.39. The van der Waals surface area contributed by atoms with Crippen LogP contribution in [0.2, 0.25) is 0 Å². The van der Waals surface area contributed by atoms with Crippen LogP contribution in [0.1, 0.15) is 36.2 Å². The Morgan fingerprint density at radius 3 is 2.36 bits per heavy atom. The summed E-state index contributed by atoms with van der Waals surface area (Å²) in [6, 6.07) is 13.8. The normalized spacial score (nSPS) is 15.8. The van der Waals surface area contributed by atoms with Crippen LogP contribution < -0.4 is 0 Å². The number of aromatic nitrogens is 1. The van der Waals surface area contributed by atoms with E-state index in [4.69, 9.17) is 0 Å². The summed E-state index contributed by atoms with van der Waals surface area (Å²) >= 11 is 0. The van der Waals surface area contributed by atoms with Crippen LogP contribution in [0.4, 0.5) is 0 Å². The van der Waals surface area contributed by atoms with Gasteiger partial charge in [0.2, 0.25) is 5.91 Å². The van der Waals surface area contributed by atoms with Crippen molar-refractivity contribution >= 4 is 33.7 Å². The fraction of sp³-hybridized carbons (Fsp3) is 0.300. The van der Waals surface area contributed by atoms with E-state index in [1.54, 1.807) is 19.1 Å². The molecular formula is C20H20N2O3. The van der Waals surface area contributed by atoms with Gasteiger partial charge in [0.15, 0.2) is 0 Å². The van der Waals surface area contributed by atoms with Crippen molar-refractivity contribution in [2.24, 2.45) is 0 Å². The molecule has 4 rings (SSSR count). The third kappa shape index (κ3) is 2.56. The van der Waals surface area contributed by atoms with Crippen LogP contribution in [0.25, 0.3) is 21.8 Å². The molecule has 2 heterocycles. The number of aromatic carboxylic acids is 1. The van der Waals surface area contributed by atoms with Gasteiger partial charge in [-0.15, -0.1) is 0 Å². The number of carbonyl (C=O) groups excluding carboxylic acids is 1. The van der Waals surface area contributed by atoms with Gasteiger partial charge in [-0.25, -0.2) is 4.79 Å². The Labute approximate surface area is 145 Å². The Morgan fingerprint density at radius 2 is 1.68 bits per heavy atom. The highest BCUT2D eigenvalue weighted by Gasteiger charge is 2.25. The lowest BCUT2D eigenvalue weighted by atomic mass is 10.0. The minimum atomic E-state index is -0.912. The quantitative estimate of drug-likeness (QED) is 0.776. The predicted octanol–water partition coefficient (Wildman–Crippen LogP) is 3.68. The van der Waals surface area contributed by atoms with Gasteiger partial charge in [-0.2, -0.15) is 0 Å². The number of amides is 1. The molecule has 5 nitrogen and oxygen atoms in total. The second-order valence-electron chi connectivity index (χ2n) is 6.66. The Hall–Kier alpha value is -2.82. The highest BCUT2D eigenvalue weighted by Crippen LogP contribution is 2.36. The highest BCUT2D eigenvalue weighted by molar-refractivity contribution is 6.09. The second kappa shape index (κ2) is 5.92. The molecule has 1 aliphatic heterocycles. The molecular weight excluding hydrogens is 316 g/mol. The lowest BCUT2D eigenvalue weighted by molar-refractivity contribution is -0.130. The van der Waals surface area contributed by atoms with E-state index < -0.39 is 5.97 Å². The first-order chi connectivity index (χ1) is 12.1. The van der Waals surface area contributed by atoms with Crippen molar-refractivity contribution in [1.82, 2.24) is 9.47 Å². The molecule has 128 valence electrons. The fourth-order valence-corrected chi connectivity index (χ4v) is 3.97. The Bertz CT molecular complexity index is 981. The lowest BCUT2D eigenvalue weighted by Crippen LogP contribution is -2.37. The molecule has 0 aliphatic carbocycles. The molecule has 1 N–H and O–H groups in total. The highest BCUT2D eigenvalue weighted by atomic mass is 16.4. The van der Waals surface area contributed by atoms with Crippen LogP contribution in [0.5, 0.6) is 0 Å². The topological polar surface area (TPSA) is 62.5 Å². The molecule has 5 heteroatoms. The van der Waals surface area contributed by atoms with E-state index in [2.05, 4.69) is 16.7 Å². The second-order valence-corrected chi connectivity index (χ2v) is 6.66. The number of rotatable bonds is 2. The maximum Gasteiger partial charge on any atom is 0.335 e. The van der Waals surface area contributed by atoms with E-state index >= 15 is 0 Å². The van der Waals surface area contributed by atoms with Crippen LogP contribution in [0.3, 0.4) is 0 Å². The lowest BCUT2D eigenvalue weighted by Gasteiger charge is -2.33. The minimum Gasteiger partial charge on any atom is -0.478 e. The summed E-state index contributed by atoms with van der Waals surface area (Å²) < 4.78 is 2.27. The fourth-order valence-electron chi connectivity index (χ4n) is 3.97. The first-order valence-corrected chi connectivity index (χ1v) is 8.58. The largest absolute Gasteiger partial charge is 0.478 e. The molecule has 0 saturated carbocycles. The zero-order valence-electron chi connectivity index (χ0n) is 14.1. The average molecular weight is 336 g/mol. The van der Waals surface area contributed by atoms with Gasteiger partial charge in [-0.1, -0.05) is 24.3 Å². The first kappa shape index (κ1) is 15.7. The van der Waals surface area contributed by atoms with Crippen LogP contribution >= 0.6 is 0 Å². The van der Waals surface area contributed by atoms with E-state index in [-0.39, 0.29) is 11.9 Å². The summed E-state index contributed by atoms with van der Waals surface area (Å²) in [4.78, 5) is 24.9. The molecule has 1 amide bonds. The minimum absolute atomic E-state index is 0.119. The standard InChI is InChI=1S/C20H20N2O3/c1-13(23)21-10-8-15(9-11-21)22-18-5-3-2-4-16(18)17-7-6-14(20(24)25)12-19(17)22/h2-7,12,15H,8-11H2,1H3,(H,24,25). The number of hydrogen-bond acceptors (Lipinski definition) is 2. The third-order valence-corrected chi connectivity index (χ3v) is 5.23. The molecule has 0 unspecified atom stereocenters. The van der Waals surface area contributed by atoms with Crippen molar-refractivity contribution in [2.75, 3.05) is 13.1 Å². The summed E-state index contributed by atoms with van der Waals surface area (Å²) in [5.74, 6) is -0.793. The zero-order chi connectivity index (χ0) is 17.6. The van der Waals surface area contributed by atoms with E-state index in [1.165, 1.54) is 0 Å². The molecule has 0 atom stereocenters. The molecule has 0 radical (unpaired) electrons. The SMILES string of the molecule is CC(=O)N1CCC(n2c3ccccc3c3ccc(C(=O)O)cc32)CC1. The number of fused-ring (bicyclic) bond motifs is 3. The third-order valence-electron chi connectivity index (χ3n) is 5.23. The maximum absolute atomic E-state index is 11.6. The summed E-state index contributed by atoms with van der Waals surface area (Å²) in [6.07, 6.45) is 1.76. The molecule has 1 aliphatic rings. The van der Waals surface area contributed by atoms with E-state index in [0.717, 1.165) is 47.7 Å². The predicted molar refractivity (Wildman–Crippen MR) is 96.9 cm³/mol. The first-order valence-electron chi connectivity index (χ1n) is 8.58. The summed E-state index contributed by atoms with van der Waals surface area (Å²) in [5, 5.41) is 11.6. The number of carboxylic acid groups (broad SMARTS) is 1. The molecule has 1 saturated heterocycles. The van der Waals surface area contributed by atoms with Crippen molar-refractivity contribution in [3.05, 3.63) is 48.0 Å². The van der Waals surface area contributed by atoms with Gasteiger partial charge < -0.3 is 14.6 Å². The van der Waals surface area contributed by atoms with Crippen molar-refractivity contribution in [2.45, 2.75) is 25.8 Å². The number of para-hydroxylation sites is 1. The van der Waals surface area contributed by atoms with Crippen molar-refractivity contribution in [3.63, 3.8) is 0 Å². The van der Waals surface area contributed by atoms with Crippen molar-refractivity contribution in [3.8, 4) is 0 Å². The number of nitrogens with zero attached hydrogens (tertiary/aromatic N) is 2. The van der Waals surface area contributed by atoms with Crippen molar-refractivity contribution < 1.29 is 14.7 Å². The summed E-state index contributed by atoms with van der Waals surface area (Å²) in [6.45, 7) is 3.10. The Balaban J connectivity index is 1.87. The Morgan fingerprint density at radius 1 is 1.00 bits per heavy atom. The molecule has 2 aromatic carbocycles. The molecule has 25 heavy (non-hydrogen) atoms. The average Bonchev–Trinajstić information content (AvgIpc) is 2.95. The van der Waals surface area contributed by atoms with E-state index in [9.17, 15) is 14.7 Å². The van der Waals surface area contributed by atoms with E-state index in [1.807, 2.05) is 23.1 Å². The zero-order valence-corrected chi connectivity index (χ0v) is 14.1. The van der Waals surface area contributed by atoms with E-state index in [0.29, 0.717) is 5.56 Å². The molecule has 0 bridgehead atoms. The molecule has 0 spiro atoms. The van der Waals surface area contributed by atoms with Gasteiger partial charge in [0, 0.05) is 42.3 Å². The van der Waals surface area contributed by atoms with Gasteiger partial charge >= 0.3 is 5.97 Å². The van der Waals surface area contributed by atoms with Crippen LogP contribution in [0.15, 0.2) is 42.5 Å². The summed E-state index contributed by atoms with van der Waals surface area (Å²) in [7, 11) is 0. The van der Waals surface area contributed by atoms with Gasteiger partial charge in [-0.05, 0) is 31.0 Å². The Kier molecular flexibility index (Phi) is 3.71. The van der Waals surface area contributed by atoms with Crippen LogP contribution in [0, 0.1) is 0 Å². The van der Waals surface area contributed by atoms with Crippen LogP contribution in [-0.2, 0) is 4.79 Å². The van der Waals surface area contributed by atoms with Gasteiger partial charge in [0.1, 0.15) is 0 Å². The number of carboxylic acids is 1. The number of piperidine rings is 1. The van der Waals surface area contributed by atoms with Gasteiger partial charge in [-0.3, -0.25) is 4.79 Å². The number of carbonyl (C=O) groups is 2. The molecule has 1 aromatic heterocycles. The number of likely N-dealkylation sites (tertiary alicyclic amines) is 1. The smallest absolute Gasteiger partial charge is 0.335 e. The van der Waals surface area contributed by atoms with Gasteiger partial charge in [0.05, 0.1) is 11.1 Å². The number of hydrogen-bond donors (Lipinski definition) is 1. The number of benzene rings is 2. The monoisotopic (exact) mass is 336 g/mol. The van der Waals surface area contributed by atoms with Crippen LogP contribution in [-0.4, -0.2) is 39.5 Å². The maximum atomic E-state index is 11.6. The van der Waals surface area contributed by atoms with Gasteiger partial charge in [0.25, 0.3) is 0 Å². The van der Waals surface area contributed by atoms with Crippen molar-refractivity contribution in [1.29, 1.82) is 0 Å².